The molecule has 0 aliphatic carbocycles. The standard InChI is InChI=1S/C44H52N12O16S4.4Na/c1-25(57)21-55(22-26(2)58)43-51-39(45-31-7-5-9-35(17-31)73(61,62)63)49-41(53-43)47-33-15-13-29(37(19-33)75(67,68)69)11-12-30-14-16-34(20-38(30)76(70,71)72)48-42-50-40(46-32-8-6-10-36(18-32)74(64,65)66)52-44(54-42)56(23-27(3)59)24-28(4)60;;;;/h5-20,25-28,57-60H,21-24H2,1-4H3,(H,61,62,63)(H,64,65,66)(H,67,68,69)(H,70,71,72)(H2,45,47,49,51,53)(H2,46,48,50,52,54);;;;. The molecular weight excluding hydrogens is 1170 g/mol. The number of benzene rings is 4. The van der Waals surface area contributed by atoms with Crippen molar-refractivity contribution in [2.24, 2.45) is 0 Å². The molecule has 0 saturated carbocycles. The molecule has 4 atom stereocenters. The maximum absolute atomic E-state index is 12.9. The van der Waals surface area contributed by atoms with Gasteiger partial charge in [0.05, 0.1) is 34.2 Å². The van der Waals surface area contributed by atoms with Crippen LogP contribution >= 0.6 is 0 Å². The fourth-order valence-corrected chi connectivity index (χ4v) is 9.57. The number of aliphatic hydroxyl groups excluding tert-OH is 4. The van der Waals surface area contributed by atoms with E-state index in [1.54, 1.807) is 0 Å². The Labute approximate surface area is 550 Å². The first kappa shape index (κ1) is 73.0. The van der Waals surface area contributed by atoms with Crippen LogP contribution in [0.3, 0.4) is 0 Å². The van der Waals surface area contributed by atoms with Crippen LogP contribution < -0.4 is 31.1 Å². The monoisotopic (exact) mass is 1220 g/mol. The van der Waals surface area contributed by atoms with Crippen LogP contribution in [0.15, 0.2) is 105 Å². The fraction of sp³-hybridized carbons (Fsp3) is 0.273. The number of hydrogen-bond donors (Lipinski definition) is 12. The Morgan fingerprint density at radius 1 is 0.412 bits per heavy atom. The van der Waals surface area contributed by atoms with Crippen molar-refractivity contribution >= 4 is 229 Å². The van der Waals surface area contributed by atoms with E-state index in [9.17, 15) is 72.3 Å². The Hall–Kier alpha value is -3.08. The van der Waals surface area contributed by atoms with Gasteiger partial charge in [-0.15, -0.1) is 0 Å². The molecule has 28 nitrogen and oxygen atoms in total. The fourth-order valence-electron chi connectivity index (χ4n) is 7.10. The first-order valence-electron chi connectivity index (χ1n) is 22.3. The average Bonchev–Trinajstić information content (AvgIpc) is 3.29. The van der Waals surface area contributed by atoms with E-state index in [-0.39, 0.29) is 214 Å². The van der Waals surface area contributed by atoms with Crippen LogP contribution in [0.2, 0.25) is 0 Å². The molecule has 6 rings (SSSR count). The predicted octanol–water partition coefficient (Wildman–Crippen LogP) is 1.80. The minimum atomic E-state index is -5.06. The van der Waals surface area contributed by atoms with Crippen LogP contribution in [-0.2, 0) is 40.5 Å². The summed E-state index contributed by atoms with van der Waals surface area (Å²) in [5, 5.41) is 52.2. The van der Waals surface area contributed by atoms with Crippen molar-refractivity contribution in [1.82, 2.24) is 29.9 Å². The van der Waals surface area contributed by atoms with Gasteiger partial charge in [-0.2, -0.15) is 63.6 Å². The average molecular weight is 1230 g/mol. The number of hydrogen-bond acceptors (Lipinski definition) is 24. The van der Waals surface area contributed by atoms with E-state index in [2.05, 4.69) is 51.2 Å². The maximum Gasteiger partial charge on any atom is 0.295 e. The second-order valence-corrected chi connectivity index (χ2v) is 22.7. The molecule has 0 bridgehead atoms. The Morgan fingerprint density at radius 2 is 0.688 bits per heavy atom. The summed E-state index contributed by atoms with van der Waals surface area (Å²) in [7, 11) is -19.4. The molecule has 0 saturated heterocycles. The van der Waals surface area contributed by atoms with E-state index < -0.39 is 84.5 Å². The number of aromatic nitrogens is 6. The topological polar surface area (TPSA) is 430 Å². The zero-order chi connectivity index (χ0) is 55.9. The van der Waals surface area contributed by atoms with Gasteiger partial charge in [0, 0.05) is 167 Å². The van der Waals surface area contributed by atoms with Crippen molar-refractivity contribution in [3.63, 3.8) is 0 Å². The van der Waals surface area contributed by atoms with Gasteiger partial charge >= 0.3 is 0 Å². The van der Waals surface area contributed by atoms with E-state index in [0.717, 1.165) is 48.6 Å². The quantitative estimate of drug-likeness (QED) is 0.0233. The Morgan fingerprint density at radius 3 is 0.938 bits per heavy atom. The molecule has 0 aliphatic heterocycles. The van der Waals surface area contributed by atoms with Gasteiger partial charge in [0.25, 0.3) is 40.5 Å². The van der Waals surface area contributed by atoms with Crippen molar-refractivity contribution in [3.8, 4) is 0 Å². The summed E-state index contributed by atoms with van der Waals surface area (Å²) in [4.78, 5) is 26.5. The first-order chi connectivity index (χ1) is 35.4. The Kier molecular flexibility index (Phi) is 28.5. The molecule has 4 radical (unpaired) electrons. The van der Waals surface area contributed by atoms with Gasteiger partial charge in [-0.05, 0) is 99.5 Å². The summed E-state index contributed by atoms with van der Waals surface area (Å²) < 4.78 is 139. The zero-order valence-corrected chi connectivity index (χ0v) is 55.7. The second-order valence-electron chi connectivity index (χ2n) is 17.1. The molecule has 80 heavy (non-hydrogen) atoms. The molecule has 0 fully saturated rings. The molecule has 4 aromatic carbocycles. The smallest absolute Gasteiger partial charge is 0.295 e. The number of anilines is 10. The van der Waals surface area contributed by atoms with E-state index in [4.69, 9.17) is 0 Å². The number of rotatable bonds is 24. The summed E-state index contributed by atoms with van der Waals surface area (Å²) in [6, 6.07) is 17.1. The number of nitrogens with one attached hydrogen (secondary N) is 4. The SMILES string of the molecule is CC(O)CN(CC(C)O)c1nc(Nc2cccc(S(=O)(=O)O)c2)nc(Nc2ccc(C=Cc3ccc(Nc4nc(Nc5cccc(S(=O)(=O)O)c5)nc(N(CC(C)O)CC(C)O)n4)cc3S(=O)(=O)O)c(S(=O)(=O)O)c2)n1.[Na].[Na].[Na].[Na]. The van der Waals surface area contributed by atoms with Gasteiger partial charge in [0.15, 0.2) is 0 Å². The summed E-state index contributed by atoms with van der Waals surface area (Å²) in [5.41, 5.74) is -0.265. The van der Waals surface area contributed by atoms with E-state index in [1.807, 2.05) is 0 Å². The van der Waals surface area contributed by atoms with Gasteiger partial charge < -0.3 is 51.5 Å². The normalized spacial score (nSPS) is 13.2. The second kappa shape index (κ2) is 31.2. The van der Waals surface area contributed by atoms with Gasteiger partial charge in [-0.25, -0.2) is 0 Å². The van der Waals surface area contributed by atoms with Crippen LogP contribution in [0.4, 0.5) is 58.4 Å². The van der Waals surface area contributed by atoms with Crippen LogP contribution in [0.25, 0.3) is 12.2 Å². The van der Waals surface area contributed by atoms with Crippen LogP contribution in [-0.4, -0.2) is 271 Å². The molecule has 412 valence electrons. The third kappa shape index (κ3) is 22.2. The van der Waals surface area contributed by atoms with E-state index in [1.165, 1.54) is 86.0 Å². The third-order valence-corrected chi connectivity index (χ3v) is 13.6. The van der Waals surface area contributed by atoms with E-state index >= 15 is 0 Å². The molecule has 6 aromatic rings. The molecule has 0 aliphatic rings. The zero-order valence-electron chi connectivity index (χ0n) is 44.4. The number of nitrogens with zero attached hydrogens (tertiary/aromatic N) is 8. The number of aliphatic hydroxyl groups is 4. The van der Waals surface area contributed by atoms with Gasteiger partial charge in [0.1, 0.15) is 9.79 Å². The molecular formula is C44H52N12Na4O16S4. The van der Waals surface area contributed by atoms with Gasteiger partial charge in [-0.1, -0.05) is 36.4 Å². The molecule has 2 heterocycles. The van der Waals surface area contributed by atoms with Crippen LogP contribution in [0, 0.1) is 0 Å². The molecule has 12 N–H and O–H groups in total. The van der Waals surface area contributed by atoms with Crippen molar-refractivity contribution in [3.05, 3.63) is 96.1 Å². The molecule has 0 amide bonds. The molecule has 2 aromatic heterocycles. The molecule has 4 unspecified atom stereocenters. The summed E-state index contributed by atoms with van der Waals surface area (Å²) in [5.74, 6) is -1.21. The summed E-state index contributed by atoms with van der Waals surface area (Å²) in [6.07, 6.45) is -1.57. The first-order valence-corrected chi connectivity index (χ1v) is 28.0. The summed E-state index contributed by atoms with van der Waals surface area (Å²) in [6.45, 7) is 5.54. The minimum absolute atomic E-state index is 0. The van der Waals surface area contributed by atoms with Crippen molar-refractivity contribution in [1.29, 1.82) is 0 Å². The predicted molar refractivity (Wildman–Crippen MR) is 301 cm³/mol. The van der Waals surface area contributed by atoms with Crippen molar-refractivity contribution in [2.75, 3.05) is 57.2 Å². The largest absolute Gasteiger partial charge is 0.392 e. The minimum Gasteiger partial charge on any atom is -0.392 e. The van der Waals surface area contributed by atoms with Crippen LogP contribution in [0.1, 0.15) is 38.8 Å². The van der Waals surface area contributed by atoms with Gasteiger partial charge in [0.2, 0.25) is 35.7 Å². The van der Waals surface area contributed by atoms with E-state index in [0.29, 0.717) is 0 Å². The Balaban J connectivity index is 0.00000547. The molecule has 0 spiro atoms. The summed E-state index contributed by atoms with van der Waals surface area (Å²) >= 11 is 0. The maximum atomic E-state index is 12.9. The van der Waals surface area contributed by atoms with Gasteiger partial charge in [-0.3, -0.25) is 18.2 Å². The van der Waals surface area contributed by atoms with Crippen molar-refractivity contribution < 1.29 is 72.3 Å². The van der Waals surface area contributed by atoms with Crippen molar-refractivity contribution in [2.45, 2.75) is 71.7 Å². The molecule has 36 heteroatoms. The third-order valence-electron chi connectivity index (χ3n) is 10.1. The van der Waals surface area contributed by atoms with Crippen LogP contribution in [0.5, 0.6) is 0 Å². The Bertz CT molecular complexity index is 3340.